The molecule has 0 spiro atoms. The van der Waals surface area contributed by atoms with Crippen LogP contribution in [0.25, 0.3) is 0 Å². The second-order valence-corrected chi connectivity index (χ2v) is 6.28. The first kappa shape index (κ1) is 13.7. The maximum absolute atomic E-state index is 13.3. The average Bonchev–Trinajstić information content (AvgIpc) is 2.86. The van der Waals surface area contributed by atoms with E-state index in [-0.39, 0.29) is 11.9 Å². The standard InChI is InChI=1S/C17H18FNS/c1-11-9-12(18)7-8-13(11)17(19-2)15-10-20-16-6-4-3-5-14(15)16/h3-9,15,17,19H,10H2,1-2H3. The van der Waals surface area contributed by atoms with E-state index in [9.17, 15) is 4.39 Å². The normalized spacial score (nSPS) is 18.9. The molecule has 1 aliphatic rings. The van der Waals surface area contributed by atoms with E-state index in [1.807, 2.05) is 31.8 Å². The van der Waals surface area contributed by atoms with Gasteiger partial charge in [-0.05, 0) is 48.9 Å². The first-order valence-corrected chi connectivity index (χ1v) is 7.84. The van der Waals surface area contributed by atoms with Crippen molar-refractivity contribution in [1.82, 2.24) is 5.32 Å². The quantitative estimate of drug-likeness (QED) is 0.904. The van der Waals surface area contributed by atoms with Crippen molar-refractivity contribution in [3.8, 4) is 0 Å². The molecule has 1 nitrogen and oxygen atoms in total. The Balaban J connectivity index is 1.99. The van der Waals surface area contributed by atoms with Gasteiger partial charge in [-0.2, -0.15) is 0 Å². The fraction of sp³-hybridized carbons (Fsp3) is 0.294. The third-order valence-corrected chi connectivity index (χ3v) is 5.23. The SMILES string of the molecule is CNC(c1ccc(F)cc1C)C1CSc2ccccc21. The third-order valence-electron chi connectivity index (χ3n) is 4.02. The highest BCUT2D eigenvalue weighted by molar-refractivity contribution is 7.99. The first-order chi connectivity index (χ1) is 9.70. The Bertz CT molecular complexity index is 626. The monoisotopic (exact) mass is 287 g/mol. The zero-order valence-electron chi connectivity index (χ0n) is 11.7. The summed E-state index contributed by atoms with van der Waals surface area (Å²) in [4.78, 5) is 1.37. The number of likely N-dealkylation sites (N-methyl/N-ethyl adjacent to an activating group) is 1. The highest BCUT2D eigenvalue weighted by Gasteiger charge is 2.31. The number of fused-ring (bicyclic) bond motifs is 1. The lowest BCUT2D eigenvalue weighted by molar-refractivity contribution is 0.510. The molecular weight excluding hydrogens is 269 g/mol. The van der Waals surface area contributed by atoms with E-state index < -0.39 is 0 Å². The first-order valence-electron chi connectivity index (χ1n) is 6.85. The molecule has 0 aromatic heterocycles. The number of hydrogen-bond acceptors (Lipinski definition) is 2. The van der Waals surface area contributed by atoms with Crippen LogP contribution in [0.5, 0.6) is 0 Å². The van der Waals surface area contributed by atoms with Gasteiger partial charge in [0.2, 0.25) is 0 Å². The fourth-order valence-electron chi connectivity index (χ4n) is 3.02. The maximum Gasteiger partial charge on any atom is 0.123 e. The van der Waals surface area contributed by atoms with E-state index in [1.54, 1.807) is 12.1 Å². The van der Waals surface area contributed by atoms with Crippen LogP contribution in [0.2, 0.25) is 0 Å². The van der Waals surface area contributed by atoms with Gasteiger partial charge in [-0.25, -0.2) is 4.39 Å². The molecular formula is C17H18FNS. The van der Waals surface area contributed by atoms with Crippen LogP contribution in [-0.2, 0) is 0 Å². The summed E-state index contributed by atoms with van der Waals surface area (Å²) in [5.74, 6) is 1.34. The Labute approximate surface area is 123 Å². The summed E-state index contributed by atoms with van der Waals surface area (Å²) >= 11 is 1.91. The van der Waals surface area contributed by atoms with Crippen LogP contribution in [-0.4, -0.2) is 12.8 Å². The molecule has 2 aromatic rings. The molecule has 2 atom stereocenters. The number of thioether (sulfide) groups is 1. The van der Waals surface area contributed by atoms with Crippen LogP contribution >= 0.6 is 11.8 Å². The molecule has 0 bridgehead atoms. The van der Waals surface area contributed by atoms with Gasteiger partial charge in [0.25, 0.3) is 0 Å². The molecule has 1 aliphatic heterocycles. The Morgan fingerprint density at radius 3 is 2.80 bits per heavy atom. The van der Waals surface area contributed by atoms with Crippen molar-refractivity contribution in [3.05, 3.63) is 65.0 Å². The van der Waals surface area contributed by atoms with Crippen LogP contribution < -0.4 is 5.32 Å². The van der Waals surface area contributed by atoms with Crippen molar-refractivity contribution in [3.63, 3.8) is 0 Å². The number of benzene rings is 2. The molecule has 2 aromatic carbocycles. The van der Waals surface area contributed by atoms with Gasteiger partial charge in [0.1, 0.15) is 5.82 Å². The van der Waals surface area contributed by atoms with Crippen LogP contribution in [0.15, 0.2) is 47.4 Å². The largest absolute Gasteiger partial charge is 0.312 e. The van der Waals surface area contributed by atoms with Crippen molar-refractivity contribution >= 4 is 11.8 Å². The predicted octanol–water partition coefficient (Wildman–Crippen LogP) is 4.28. The van der Waals surface area contributed by atoms with E-state index in [4.69, 9.17) is 0 Å². The van der Waals surface area contributed by atoms with Crippen LogP contribution in [0.4, 0.5) is 4.39 Å². The summed E-state index contributed by atoms with van der Waals surface area (Å²) in [6, 6.07) is 13.9. The molecule has 3 heteroatoms. The van der Waals surface area contributed by atoms with E-state index >= 15 is 0 Å². The van der Waals surface area contributed by atoms with E-state index in [0.717, 1.165) is 11.3 Å². The van der Waals surface area contributed by atoms with Crippen molar-refractivity contribution in [2.24, 2.45) is 0 Å². The van der Waals surface area contributed by atoms with E-state index in [2.05, 4.69) is 29.6 Å². The third kappa shape index (κ3) is 2.36. The summed E-state index contributed by atoms with van der Waals surface area (Å²) < 4.78 is 13.3. The molecule has 0 amide bonds. The van der Waals surface area contributed by atoms with Crippen molar-refractivity contribution in [2.45, 2.75) is 23.8 Å². The van der Waals surface area contributed by atoms with Gasteiger partial charge in [-0.1, -0.05) is 24.3 Å². The van der Waals surface area contributed by atoms with E-state index in [0.29, 0.717) is 5.92 Å². The Kier molecular flexibility index (Phi) is 3.81. The molecule has 0 saturated carbocycles. The van der Waals surface area contributed by atoms with Crippen molar-refractivity contribution < 1.29 is 4.39 Å². The van der Waals surface area contributed by atoms with Crippen LogP contribution in [0.1, 0.15) is 28.7 Å². The molecule has 0 radical (unpaired) electrons. The van der Waals surface area contributed by atoms with Gasteiger partial charge in [0.15, 0.2) is 0 Å². The summed E-state index contributed by atoms with van der Waals surface area (Å²) in [7, 11) is 1.99. The van der Waals surface area contributed by atoms with Crippen LogP contribution in [0, 0.1) is 12.7 Å². The molecule has 2 unspecified atom stereocenters. The van der Waals surface area contributed by atoms with Crippen molar-refractivity contribution in [1.29, 1.82) is 0 Å². The smallest absolute Gasteiger partial charge is 0.123 e. The lowest BCUT2D eigenvalue weighted by atomic mass is 9.87. The lowest BCUT2D eigenvalue weighted by Crippen LogP contribution is -2.24. The number of nitrogens with one attached hydrogen (secondary N) is 1. The topological polar surface area (TPSA) is 12.0 Å². The Morgan fingerprint density at radius 1 is 1.25 bits per heavy atom. The predicted molar refractivity (Wildman–Crippen MR) is 82.8 cm³/mol. The number of halogens is 1. The van der Waals surface area contributed by atoms with Crippen molar-refractivity contribution in [2.75, 3.05) is 12.8 Å². The van der Waals surface area contributed by atoms with Gasteiger partial charge < -0.3 is 5.32 Å². The van der Waals surface area contributed by atoms with Gasteiger partial charge in [-0.3, -0.25) is 0 Å². The number of rotatable bonds is 3. The molecule has 0 aliphatic carbocycles. The Morgan fingerprint density at radius 2 is 2.05 bits per heavy atom. The molecule has 20 heavy (non-hydrogen) atoms. The molecule has 0 saturated heterocycles. The maximum atomic E-state index is 13.3. The van der Waals surface area contributed by atoms with Gasteiger partial charge >= 0.3 is 0 Å². The summed E-state index contributed by atoms with van der Waals surface area (Å²) in [5, 5.41) is 3.43. The second-order valence-electron chi connectivity index (χ2n) is 5.22. The second kappa shape index (κ2) is 5.58. The lowest BCUT2D eigenvalue weighted by Gasteiger charge is -2.25. The number of hydrogen-bond donors (Lipinski definition) is 1. The average molecular weight is 287 g/mol. The molecule has 1 heterocycles. The minimum absolute atomic E-state index is 0.165. The summed E-state index contributed by atoms with van der Waals surface area (Å²) in [5.41, 5.74) is 3.61. The fourth-order valence-corrected chi connectivity index (χ4v) is 4.32. The zero-order valence-corrected chi connectivity index (χ0v) is 12.5. The minimum Gasteiger partial charge on any atom is -0.312 e. The highest BCUT2D eigenvalue weighted by atomic mass is 32.2. The minimum atomic E-state index is -0.165. The van der Waals surface area contributed by atoms with Crippen LogP contribution in [0.3, 0.4) is 0 Å². The molecule has 3 rings (SSSR count). The van der Waals surface area contributed by atoms with E-state index in [1.165, 1.54) is 16.0 Å². The number of aryl methyl sites for hydroxylation is 1. The van der Waals surface area contributed by atoms with Gasteiger partial charge in [-0.15, -0.1) is 11.8 Å². The van der Waals surface area contributed by atoms with Gasteiger partial charge in [0.05, 0.1) is 0 Å². The highest BCUT2D eigenvalue weighted by Crippen LogP contribution is 2.45. The zero-order chi connectivity index (χ0) is 14.1. The summed E-state index contributed by atoms with van der Waals surface area (Å²) in [6.45, 7) is 1.98. The van der Waals surface area contributed by atoms with Gasteiger partial charge in [0, 0.05) is 22.6 Å². The molecule has 104 valence electrons. The summed E-state index contributed by atoms with van der Waals surface area (Å²) in [6.07, 6.45) is 0. The molecule has 0 fully saturated rings. The Hall–Kier alpha value is -1.32. The molecule has 1 N–H and O–H groups in total.